The monoisotopic (exact) mass is 262 g/mol. The molecule has 0 fully saturated rings. The van der Waals surface area contributed by atoms with Crippen molar-refractivity contribution in [1.82, 2.24) is 5.32 Å². The van der Waals surface area contributed by atoms with Crippen LogP contribution in [0.4, 0.5) is 5.69 Å². The molecule has 1 rings (SSSR count). The van der Waals surface area contributed by atoms with Crippen molar-refractivity contribution in [3.05, 3.63) is 29.8 Å². The average molecular weight is 262 g/mol. The van der Waals surface area contributed by atoms with E-state index < -0.39 is 0 Å². The van der Waals surface area contributed by atoms with Crippen LogP contribution in [0.1, 0.15) is 39.2 Å². The van der Waals surface area contributed by atoms with Crippen LogP contribution in [-0.2, 0) is 4.79 Å². The lowest BCUT2D eigenvalue weighted by molar-refractivity contribution is -0.118. The molecule has 0 heterocycles. The summed E-state index contributed by atoms with van der Waals surface area (Å²) < 4.78 is 0. The van der Waals surface area contributed by atoms with Gasteiger partial charge in [-0.25, -0.2) is 0 Å². The topological polar surface area (TPSA) is 32.3 Å². The van der Waals surface area contributed by atoms with Crippen LogP contribution in [0.15, 0.2) is 24.3 Å². The van der Waals surface area contributed by atoms with E-state index in [-0.39, 0.29) is 5.91 Å². The third kappa shape index (κ3) is 5.43. The molecule has 0 atom stereocenters. The van der Waals surface area contributed by atoms with E-state index in [2.05, 4.69) is 25.2 Å². The molecule has 106 valence electrons. The molecule has 1 aromatic carbocycles. The normalized spacial score (nSPS) is 10.8. The maximum absolute atomic E-state index is 12.2. The zero-order valence-electron chi connectivity index (χ0n) is 12.6. The van der Waals surface area contributed by atoms with Gasteiger partial charge in [-0.05, 0) is 44.5 Å². The number of carbonyl (C=O) groups excluding carboxylic acids is 1. The summed E-state index contributed by atoms with van der Waals surface area (Å²) in [6, 6.07) is 8.60. The average Bonchev–Trinajstić information content (AvgIpc) is 2.35. The summed E-state index contributed by atoms with van der Waals surface area (Å²) in [5, 5.41) is 3.34. The van der Waals surface area contributed by atoms with Crippen molar-refractivity contribution < 1.29 is 4.79 Å². The molecular weight excluding hydrogens is 236 g/mol. The van der Waals surface area contributed by atoms with Crippen molar-refractivity contribution in [2.75, 3.05) is 18.0 Å². The third-order valence-corrected chi connectivity index (χ3v) is 3.05. The lowest BCUT2D eigenvalue weighted by Gasteiger charge is -2.21. The smallest absolute Gasteiger partial charge is 0.227 e. The summed E-state index contributed by atoms with van der Waals surface area (Å²) in [6.45, 7) is 9.93. The molecule has 0 bridgehead atoms. The minimum absolute atomic E-state index is 0.207. The second kappa shape index (κ2) is 7.95. The van der Waals surface area contributed by atoms with Gasteiger partial charge >= 0.3 is 0 Å². The predicted molar refractivity (Wildman–Crippen MR) is 81.6 cm³/mol. The number of carbonyl (C=O) groups is 1. The SMILES string of the molecule is CCN(C(=O)CCCNC(C)C)c1cccc(C)c1. The molecule has 0 aromatic heterocycles. The highest BCUT2D eigenvalue weighted by Gasteiger charge is 2.13. The first-order valence-corrected chi connectivity index (χ1v) is 7.15. The Morgan fingerprint density at radius 2 is 2.11 bits per heavy atom. The van der Waals surface area contributed by atoms with E-state index in [1.54, 1.807) is 0 Å². The summed E-state index contributed by atoms with van der Waals surface area (Å²) in [6.07, 6.45) is 1.49. The van der Waals surface area contributed by atoms with Gasteiger partial charge in [0.2, 0.25) is 5.91 Å². The number of rotatable bonds is 7. The summed E-state index contributed by atoms with van der Waals surface area (Å²) in [7, 11) is 0. The molecule has 0 aliphatic rings. The first-order valence-electron chi connectivity index (χ1n) is 7.15. The molecule has 0 aliphatic carbocycles. The zero-order valence-corrected chi connectivity index (χ0v) is 12.6. The number of hydrogen-bond acceptors (Lipinski definition) is 2. The van der Waals surface area contributed by atoms with Gasteiger partial charge < -0.3 is 10.2 Å². The summed E-state index contributed by atoms with van der Waals surface area (Å²) >= 11 is 0. The standard InChI is InChI=1S/C16H26N2O/c1-5-18(15-9-6-8-14(4)12-15)16(19)10-7-11-17-13(2)3/h6,8-9,12-13,17H,5,7,10-11H2,1-4H3. The van der Waals surface area contributed by atoms with Crippen molar-refractivity contribution in [2.45, 2.75) is 46.6 Å². The van der Waals surface area contributed by atoms with Gasteiger partial charge in [0.25, 0.3) is 0 Å². The highest BCUT2D eigenvalue weighted by Crippen LogP contribution is 2.17. The molecule has 1 N–H and O–H groups in total. The fourth-order valence-electron chi connectivity index (χ4n) is 2.06. The first-order chi connectivity index (χ1) is 9.04. The van der Waals surface area contributed by atoms with Crippen LogP contribution in [0.5, 0.6) is 0 Å². The van der Waals surface area contributed by atoms with Gasteiger partial charge in [0.05, 0.1) is 0 Å². The lowest BCUT2D eigenvalue weighted by Crippen LogP contribution is -2.31. The van der Waals surface area contributed by atoms with Gasteiger partial charge in [0.15, 0.2) is 0 Å². The van der Waals surface area contributed by atoms with E-state index in [9.17, 15) is 4.79 Å². The molecule has 3 heteroatoms. The molecule has 3 nitrogen and oxygen atoms in total. The highest BCUT2D eigenvalue weighted by molar-refractivity contribution is 5.93. The second-order valence-electron chi connectivity index (χ2n) is 5.19. The molecule has 0 aliphatic heterocycles. The minimum Gasteiger partial charge on any atom is -0.315 e. The van der Waals surface area contributed by atoms with Gasteiger partial charge in [-0.3, -0.25) is 4.79 Å². The van der Waals surface area contributed by atoms with Gasteiger partial charge in [0, 0.05) is 24.7 Å². The van der Waals surface area contributed by atoms with Crippen LogP contribution >= 0.6 is 0 Å². The van der Waals surface area contributed by atoms with Crippen LogP contribution in [-0.4, -0.2) is 25.0 Å². The molecule has 0 spiro atoms. The Balaban J connectivity index is 2.52. The molecule has 0 saturated carbocycles. The predicted octanol–water partition coefficient (Wildman–Crippen LogP) is 3.13. The third-order valence-electron chi connectivity index (χ3n) is 3.05. The molecule has 1 aromatic rings. The fourth-order valence-corrected chi connectivity index (χ4v) is 2.06. The maximum Gasteiger partial charge on any atom is 0.227 e. The van der Waals surface area contributed by atoms with Crippen molar-refractivity contribution in [1.29, 1.82) is 0 Å². The number of anilines is 1. The lowest BCUT2D eigenvalue weighted by atomic mass is 10.2. The Bertz CT molecular complexity index is 401. The Labute approximate surface area is 117 Å². The Kier molecular flexibility index (Phi) is 6.57. The number of nitrogens with one attached hydrogen (secondary N) is 1. The van der Waals surface area contributed by atoms with Gasteiger partial charge in [-0.1, -0.05) is 26.0 Å². The molecule has 1 amide bonds. The molecule has 0 saturated heterocycles. The van der Waals surface area contributed by atoms with Crippen molar-refractivity contribution >= 4 is 11.6 Å². The fraction of sp³-hybridized carbons (Fsp3) is 0.562. The number of amides is 1. The minimum atomic E-state index is 0.207. The van der Waals surface area contributed by atoms with E-state index >= 15 is 0 Å². The number of benzene rings is 1. The quantitative estimate of drug-likeness (QED) is 0.766. The molecular formula is C16H26N2O. The summed E-state index contributed by atoms with van der Waals surface area (Å²) in [5.74, 6) is 0.207. The second-order valence-corrected chi connectivity index (χ2v) is 5.19. The van der Waals surface area contributed by atoms with E-state index in [4.69, 9.17) is 0 Å². The maximum atomic E-state index is 12.2. The first kappa shape index (κ1) is 15.7. The van der Waals surface area contributed by atoms with Crippen molar-refractivity contribution in [3.8, 4) is 0 Å². The van der Waals surface area contributed by atoms with E-state index in [1.165, 1.54) is 5.56 Å². The Hall–Kier alpha value is -1.35. The number of aryl methyl sites for hydroxylation is 1. The van der Waals surface area contributed by atoms with Crippen LogP contribution in [0.25, 0.3) is 0 Å². The van der Waals surface area contributed by atoms with Crippen molar-refractivity contribution in [3.63, 3.8) is 0 Å². The van der Waals surface area contributed by atoms with Gasteiger partial charge in [-0.2, -0.15) is 0 Å². The summed E-state index contributed by atoms with van der Waals surface area (Å²) in [4.78, 5) is 14.1. The van der Waals surface area contributed by atoms with E-state index in [1.807, 2.05) is 36.9 Å². The molecule has 0 radical (unpaired) electrons. The van der Waals surface area contributed by atoms with E-state index in [0.717, 1.165) is 25.2 Å². The van der Waals surface area contributed by atoms with Crippen molar-refractivity contribution in [2.24, 2.45) is 0 Å². The molecule has 19 heavy (non-hydrogen) atoms. The molecule has 0 unspecified atom stereocenters. The van der Waals surface area contributed by atoms with Gasteiger partial charge in [-0.15, -0.1) is 0 Å². The zero-order chi connectivity index (χ0) is 14.3. The number of nitrogens with zero attached hydrogens (tertiary/aromatic N) is 1. The van der Waals surface area contributed by atoms with Crippen LogP contribution in [0.2, 0.25) is 0 Å². The Morgan fingerprint density at radius 1 is 1.37 bits per heavy atom. The van der Waals surface area contributed by atoms with Crippen LogP contribution < -0.4 is 10.2 Å². The summed E-state index contributed by atoms with van der Waals surface area (Å²) in [5.41, 5.74) is 2.19. The Morgan fingerprint density at radius 3 is 2.68 bits per heavy atom. The van der Waals surface area contributed by atoms with Crippen LogP contribution in [0.3, 0.4) is 0 Å². The van der Waals surface area contributed by atoms with E-state index in [0.29, 0.717) is 12.5 Å². The highest BCUT2D eigenvalue weighted by atomic mass is 16.2. The number of hydrogen-bond donors (Lipinski definition) is 1. The largest absolute Gasteiger partial charge is 0.315 e. The van der Waals surface area contributed by atoms with Gasteiger partial charge in [0.1, 0.15) is 0 Å². The van der Waals surface area contributed by atoms with Crippen LogP contribution in [0, 0.1) is 6.92 Å².